The first-order valence-corrected chi connectivity index (χ1v) is 10.9. The molecule has 27 heavy (non-hydrogen) atoms. The van der Waals surface area contributed by atoms with Crippen molar-refractivity contribution in [3.05, 3.63) is 12.2 Å². The van der Waals surface area contributed by atoms with Crippen molar-refractivity contribution in [1.29, 1.82) is 0 Å². The number of rotatable bonds is 2. The van der Waals surface area contributed by atoms with Crippen LogP contribution in [0.5, 0.6) is 0 Å². The van der Waals surface area contributed by atoms with Crippen LogP contribution in [0.4, 0.5) is 0 Å². The first-order chi connectivity index (χ1) is 13.0. The number of hydrogen-bond donors (Lipinski definition) is 0. The first kappa shape index (κ1) is 18.1. The zero-order valence-electron chi connectivity index (χ0n) is 16.6. The second-order valence-corrected chi connectivity index (χ2v) is 9.81. The summed E-state index contributed by atoms with van der Waals surface area (Å²) in [5.74, 6) is 0.636. The third kappa shape index (κ3) is 3.06. The Morgan fingerprint density at radius 3 is 2.67 bits per heavy atom. The molecular weight excluding hydrogens is 342 g/mol. The van der Waals surface area contributed by atoms with Gasteiger partial charge in [0.15, 0.2) is 5.79 Å². The van der Waals surface area contributed by atoms with Crippen molar-refractivity contribution in [1.82, 2.24) is 4.90 Å². The van der Waals surface area contributed by atoms with E-state index in [0.29, 0.717) is 25.0 Å². The van der Waals surface area contributed by atoms with Crippen molar-refractivity contribution in [2.24, 2.45) is 23.2 Å². The van der Waals surface area contributed by atoms with Crippen molar-refractivity contribution in [2.45, 2.75) is 63.8 Å². The quantitative estimate of drug-likeness (QED) is 0.548. The molecule has 0 aromatic heterocycles. The van der Waals surface area contributed by atoms with Crippen LogP contribution in [0.1, 0.15) is 51.9 Å². The number of carbonyl (C=O) groups is 1. The average Bonchev–Trinajstić information content (AvgIpc) is 3.20. The molecule has 2 aliphatic carbocycles. The molecule has 0 amide bonds. The van der Waals surface area contributed by atoms with E-state index in [-0.39, 0.29) is 29.2 Å². The number of ether oxygens (including phenoxy) is 3. The normalized spacial score (nSPS) is 44.2. The molecule has 5 atom stereocenters. The molecule has 0 aromatic rings. The van der Waals surface area contributed by atoms with Crippen LogP contribution in [0.15, 0.2) is 12.2 Å². The average molecular weight is 376 g/mol. The molecule has 0 unspecified atom stereocenters. The van der Waals surface area contributed by atoms with Gasteiger partial charge in [-0.05, 0) is 43.4 Å². The Hall–Kier alpha value is -0.910. The summed E-state index contributed by atoms with van der Waals surface area (Å²) in [6, 6.07) is 0. The van der Waals surface area contributed by atoms with Gasteiger partial charge in [0.05, 0.1) is 19.1 Å². The molecule has 5 nitrogen and oxygen atoms in total. The fraction of sp³-hybridized carbons (Fsp3) is 0.864. The van der Waals surface area contributed by atoms with E-state index in [2.05, 4.69) is 18.4 Å². The minimum atomic E-state index is -0.346. The smallest absolute Gasteiger partial charge is 0.310 e. The fourth-order valence-electron chi connectivity index (χ4n) is 6.60. The Balaban J connectivity index is 1.26. The van der Waals surface area contributed by atoms with Crippen LogP contribution in [0.2, 0.25) is 0 Å². The van der Waals surface area contributed by atoms with E-state index >= 15 is 0 Å². The highest BCUT2D eigenvalue weighted by atomic mass is 16.7. The molecule has 3 heterocycles. The highest BCUT2D eigenvalue weighted by Crippen LogP contribution is 2.57. The summed E-state index contributed by atoms with van der Waals surface area (Å²) in [5.41, 5.74) is 1.69. The number of likely N-dealkylation sites (tertiary alicyclic amines) is 1. The molecule has 150 valence electrons. The lowest BCUT2D eigenvalue weighted by atomic mass is 9.55. The molecule has 3 aliphatic heterocycles. The van der Waals surface area contributed by atoms with Gasteiger partial charge in [-0.25, -0.2) is 0 Å². The molecule has 1 spiro atoms. The Bertz CT molecular complexity index is 618. The lowest BCUT2D eigenvalue weighted by Crippen LogP contribution is -2.49. The van der Waals surface area contributed by atoms with E-state index in [4.69, 9.17) is 14.2 Å². The third-order valence-electron chi connectivity index (χ3n) is 8.21. The summed E-state index contributed by atoms with van der Waals surface area (Å²) in [5, 5.41) is 0. The van der Waals surface area contributed by atoms with Crippen LogP contribution in [-0.4, -0.2) is 55.6 Å². The van der Waals surface area contributed by atoms with Crippen molar-refractivity contribution in [2.75, 3.05) is 32.8 Å². The van der Waals surface area contributed by atoms with Gasteiger partial charge in [0, 0.05) is 38.4 Å². The second-order valence-electron chi connectivity index (χ2n) is 9.81. The van der Waals surface area contributed by atoms with Gasteiger partial charge in [0.25, 0.3) is 0 Å². The molecule has 5 aliphatic rings. The number of nitrogens with zero attached hydrogens (tertiary/aromatic N) is 1. The van der Waals surface area contributed by atoms with Crippen molar-refractivity contribution >= 4 is 5.97 Å². The van der Waals surface area contributed by atoms with Crippen LogP contribution in [0.3, 0.4) is 0 Å². The van der Waals surface area contributed by atoms with E-state index in [1.165, 1.54) is 18.4 Å². The molecular formula is C22H33NO4. The van der Waals surface area contributed by atoms with Crippen molar-refractivity contribution in [3.63, 3.8) is 0 Å². The molecule has 5 fully saturated rings. The monoisotopic (exact) mass is 375 g/mol. The molecule has 5 rings (SSSR count). The Morgan fingerprint density at radius 2 is 1.93 bits per heavy atom. The summed E-state index contributed by atoms with van der Waals surface area (Å²) >= 11 is 0. The van der Waals surface area contributed by atoms with Gasteiger partial charge in [0.1, 0.15) is 6.10 Å². The molecule has 5 heteroatoms. The first-order valence-electron chi connectivity index (χ1n) is 10.9. The third-order valence-corrected chi connectivity index (χ3v) is 8.21. The number of hydrogen-bond acceptors (Lipinski definition) is 5. The van der Waals surface area contributed by atoms with Crippen LogP contribution >= 0.6 is 0 Å². The number of allylic oxidation sites excluding steroid dienone is 1. The highest BCUT2D eigenvalue weighted by molar-refractivity contribution is 5.75. The zero-order chi connectivity index (χ0) is 18.6. The Morgan fingerprint density at radius 1 is 1.19 bits per heavy atom. The number of piperidine rings is 1. The minimum Gasteiger partial charge on any atom is -0.462 e. The van der Waals surface area contributed by atoms with Crippen LogP contribution in [-0.2, 0) is 19.0 Å². The molecule has 0 radical (unpaired) electrons. The van der Waals surface area contributed by atoms with Gasteiger partial charge >= 0.3 is 5.97 Å². The Labute approximate surface area is 162 Å². The van der Waals surface area contributed by atoms with Crippen LogP contribution < -0.4 is 0 Å². The second kappa shape index (κ2) is 6.57. The van der Waals surface area contributed by atoms with Gasteiger partial charge in [0.2, 0.25) is 0 Å². The minimum absolute atomic E-state index is 0.0220. The van der Waals surface area contributed by atoms with E-state index in [9.17, 15) is 4.79 Å². The van der Waals surface area contributed by atoms with Gasteiger partial charge in [-0.1, -0.05) is 19.1 Å². The molecule has 0 N–H and O–H groups in total. The summed E-state index contributed by atoms with van der Waals surface area (Å²) < 4.78 is 17.6. The van der Waals surface area contributed by atoms with E-state index in [1.54, 1.807) is 0 Å². The van der Waals surface area contributed by atoms with E-state index in [1.807, 2.05) is 0 Å². The molecule has 3 saturated heterocycles. The topological polar surface area (TPSA) is 48.0 Å². The maximum absolute atomic E-state index is 12.7. The maximum Gasteiger partial charge on any atom is 0.310 e. The van der Waals surface area contributed by atoms with Crippen LogP contribution in [0, 0.1) is 23.2 Å². The zero-order valence-corrected chi connectivity index (χ0v) is 16.6. The summed E-state index contributed by atoms with van der Waals surface area (Å²) in [6.07, 6.45) is 7.67. The van der Waals surface area contributed by atoms with Crippen molar-refractivity contribution in [3.8, 4) is 0 Å². The predicted molar refractivity (Wildman–Crippen MR) is 101 cm³/mol. The molecule has 0 aromatic carbocycles. The molecule has 2 saturated carbocycles. The SMILES string of the molecule is C=C1CCC[C@]2(C)C[C@H]3OC(=O)[C@H](CN4CCC5(CC4)OCCO5)[C@H]3C[C@@H]12. The fourth-order valence-corrected chi connectivity index (χ4v) is 6.60. The van der Waals surface area contributed by atoms with Gasteiger partial charge in [-0.15, -0.1) is 0 Å². The summed E-state index contributed by atoms with van der Waals surface area (Å²) in [7, 11) is 0. The van der Waals surface area contributed by atoms with E-state index in [0.717, 1.165) is 51.7 Å². The van der Waals surface area contributed by atoms with Gasteiger partial charge < -0.3 is 19.1 Å². The number of fused-ring (bicyclic) bond motifs is 2. The predicted octanol–water partition coefficient (Wildman–Crippen LogP) is 3.14. The van der Waals surface area contributed by atoms with Crippen LogP contribution in [0.25, 0.3) is 0 Å². The largest absolute Gasteiger partial charge is 0.462 e. The number of carbonyl (C=O) groups excluding carboxylic acids is 1. The van der Waals surface area contributed by atoms with Gasteiger partial charge in [-0.3, -0.25) is 4.79 Å². The summed E-state index contributed by atoms with van der Waals surface area (Å²) in [4.78, 5) is 15.2. The van der Waals surface area contributed by atoms with Crippen molar-refractivity contribution < 1.29 is 19.0 Å². The maximum atomic E-state index is 12.7. The lowest BCUT2D eigenvalue weighted by Gasteiger charge is -2.50. The highest BCUT2D eigenvalue weighted by Gasteiger charge is 2.55. The van der Waals surface area contributed by atoms with Gasteiger partial charge in [-0.2, -0.15) is 0 Å². The Kier molecular flexibility index (Phi) is 4.41. The standard InChI is InChI=1S/C22H33NO4/c1-15-4-3-5-21(2)13-19-16(12-18(15)21)17(20(24)27-19)14-23-8-6-22(7-9-23)25-10-11-26-22/h16-19H,1,3-14H2,2H3/t16-,17-,18+,19-,21-/m1/s1. The number of esters is 1. The summed E-state index contributed by atoms with van der Waals surface area (Å²) in [6.45, 7) is 10.9. The lowest BCUT2D eigenvalue weighted by molar-refractivity contribution is -0.186. The molecule has 0 bridgehead atoms. The van der Waals surface area contributed by atoms with E-state index < -0.39 is 0 Å².